The van der Waals surface area contributed by atoms with E-state index in [9.17, 15) is 9.59 Å². The predicted molar refractivity (Wildman–Crippen MR) is 94.0 cm³/mol. The van der Waals surface area contributed by atoms with Crippen molar-refractivity contribution >= 4 is 12.1 Å². The molecule has 2 unspecified atom stereocenters. The van der Waals surface area contributed by atoms with Gasteiger partial charge in [0.15, 0.2) is 0 Å². The van der Waals surface area contributed by atoms with Gasteiger partial charge in [0.05, 0.1) is 24.3 Å². The molecular formula is C19H28N2O4. The number of esters is 1. The topological polar surface area (TPSA) is 68.7 Å². The summed E-state index contributed by atoms with van der Waals surface area (Å²) in [6.07, 6.45) is 2.41. The van der Waals surface area contributed by atoms with Gasteiger partial charge in [0, 0.05) is 12.7 Å². The van der Waals surface area contributed by atoms with Crippen LogP contribution in [0.25, 0.3) is 0 Å². The molecule has 0 radical (unpaired) electrons. The number of pyridine rings is 1. The molecule has 0 aliphatic carbocycles. The Kier molecular flexibility index (Phi) is 6.03. The second-order valence-corrected chi connectivity index (χ2v) is 7.37. The van der Waals surface area contributed by atoms with Crippen molar-refractivity contribution in [2.24, 2.45) is 5.92 Å². The van der Waals surface area contributed by atoms with Gasteiger partial charge in [0.2, 0.25) is 0 Å². The molecule has 0 saturated carbocycles. The summed E-state index contributed by atoms with van der Waals surface area (Å²) in [4.78, 5) is 31.0. The molecule has 2 rings (SSSR count). The van der Waals surface area contributed by atoms with Crippen molar-refractivity contribution < 1.29 is 19.1 Å². The number of nitrogens with zero attached hydrogens (tertiary/aromatic N) is 2. The monoisotopic (exact) mass is 348 g/mol. The standard InChI is InChI=1S/C19H28N2O4/c1-6-24-17(22)14-9-11-21(18(23)25-19(3,4)5)15(12-14)16-13(2)8-7-10-20-16/h7-8,10,14-15H,6,9,11-12H2,1-5H3. The summed E-state index contributed by atoms with van der Waals surface area (Å²) in [6, 6.07) is 3.53. The van der Waals surface area contributed by atoms with Crippen LogP contribution in [0.15, 0.2) is 18.3 Å². The number of aromatic nitrogens is 1. The molecule has 1 aromatic heterocycles. The maximum absolute atomic E-state index is 12.7. The highest BCUT2D eigenvalue weighted by Gasteiger charge is 2.39. The fourth-order valence-electron chi connectivity index (χ4n) is 3.08. The van der Waals surface area contributed by atoms with E-state index in [1.165, 1.54) is 0 Å². The van der Waals surface area contributed by atoms with Crippen LogP contribution in [-0.2, 0) is 14.3 Å². The average Bonchev–Trinajstić information content (AvgIpc) is 2.53. The van der Waals surface area contributed by atoms with Crippen molar-refractivity contribution in [1.29, 1.82) is 0 Å². The number of piperidine rings is 1. The third-order valence-corrected chi connectivity index (χ3v) is 4.22. The summed E-state index contributed by atoms with van der Waals surface area (Å²) >= 11 is 0. The van der Waals surface area contributed by atoms with Gasteiger partial charge in [0.1, 0.15) is 5.60 Å². The second-order valence-electron chi connectivity index (χ2n) is 7.37. The lowest BCUT2D eigenvalue weighted by Gasteiger charge is -2.39. The predicted octanol–water partition coefficient (Wildman–Crippen LogP) is 3.64. The van der Waals surface area contributed by atoms with E-state index in [1.807, 2.05) is 39.8 Å². The van der Waals surface area contributed by atoms with Crippen LogP contribution in [0.2, 0.25) is 0 Å². The first kappa shape index (κ1) is 19.2. The SMILES string of the molecule is CCOC(=O)C1CCN(C(=O)OC(C)(C)C)C(c2ncccc2C)C1. The van der Waals surface area contributed by atoms with Gasteiger partial charge >= 0.3 is 12.1 Å². The average molecular weight is 348 g/mol. The van der Waals surface area contributed by atoms with Crippen molar-refractivity contribution in [2.75, 3.05) is 13.2 Å². The Morgan fingerprint density at radius 3 is 2.68 bits per heavy atom. The summed E-state index contributed by atoms with van der Waals surface area (Å²) in [7, 11) is 0. The fourth-order valence-corrected chi connectivity index (χ4v) is 3.08. The van der Waals surface area contributed by atoms with Crippen molar-refractivity contribution in [1.82, 2.24) is 9.88 Å². The van der Waals surface area contributed by atoms with E-state index in [2.05, 4.69) is 4.98 Å². The van der Waals surface area contributed by atoms with Crippen molar-refractivity contribution in [3.8, 4) is 0 Å². The molecule has 1 saturated heterocycles. The molecule has 1 fully saturated rings. The zero-order valence-corrected chi connectivity index (χ0v) is 15.7. The molecular weight excluding hydrogens is 320 g/mol. The highest BCUT2D eigenvalue weighted by molar-refractivity contribution is 5.74. The number of ether oxygens (including phenoxy) is 2. The molecule has 6 heteroatoms. The Hall–Kier alpha value is -2.11. The van der Waals surface area contributed by atoms with Gasteiger partial charge < -0.3 is 9.47 Å². The van der Waals surface area contributed by atoms with Gasteiger partial charge in [-0.1, -0.05) is 6.07 Å². The second kappa shape index (κ2) is 7.85. The van der Waals surface area contributed by atoms with Crippen LogP contribution in [0.5, 0.6) is 0 Å². The molecule has 1 aromatic rings. The zero-order valence-electron chi connectivity index (χ0n) is 15.7. The van der Waals surface area contributed by atoms with E-state index >= 15 is 0 Å². The minimum atomic E-state index is -0.571. The number of hydrogen-bond donors (Lipinski definition) is 0. The number of carbonyl (C=O) groups is 2. The number of hydrogen-bond acceptors (Lipinski definition) is 5. The van der Waals surface area contributed by atoms with E-state index in [0.717, 1.165) is 11.3 Å². The number of carbonyl (C=O) groups excluding carboxylic acids is 2. The number of aryl methyl sites for hydroxylation is 1. The molecule has 0 spiro atoms. The molecule has 6 nitrogen and oxygen atoms in total. The highest BCUT2D eigenvalue weighted by atomic mass is 16.6. The molecule has 25 heavy (non-hydrogen) atoms. The normalized spacial score (nSPS) is 20.9. The summed E-state index contributed by atoms with van der Waals surface area (Å²) in [5.74, 6) is -0.435. The third-order valence-electron chi connectivity index (χ3n) is 4.22. The van der Waals surface area contributed by atoms with E-state index < -0.39 is 5.60 Å². The van der Waals surface area contributed by atoms with Crippen molar-refractivity contribution in [3.05, 3.63) is 29.6 Å². The molecule has 0 aromatic carbocycles. The Labute approximate surface area is 149 Å². The first-order valence-electron chi connectivity index (χ1n) is 8.80. The number of rotatable bonds is 3. The van der Waals surface area contributed by atoms with Crippen LogP contribution >= 0.6 is 0 Å². The van der Waals surface area contributed by atoms with Gasteiger partial charge in [-0.15, -0.1) is 0 Å². The number of likely N-dealkylation sites (tertiary alicyclic amines) is 1. The summed E-state index contributed by atoms with van der Waals surface area (Å²) in [6.45, 7) is 10.1. The molecule has 2 atom stereocenters. The highest BCUT2D eigenvalue weighted by Crippen LogP contribution is 2.36. The van der Waals surface area contributed by atoms with Gasteiger partial charge in [-0.05, 0) is 59.1 Å². The van der Waals surface area contributed by atoms with Gasteiger partial charge in [0.25, 0.3) is 0 Å². The maximum Gasteiger partial charge on any atom is 0.410 e. The van der Waals surface area contributed by atoms with Crippen LogP contribution in [-0.4, -0.2) is 40.7 Å². The van der Waals surface area contributed by atoms with Gasteiger partial charge in [-0.3, -0.25) is 14.7 Å². The molecule has 138 valence electrons. The van der Waals surface area contributed by atoms with Crippen LogP contribution in [0.3, 0.4) is 0 Å². The Balaban J connectivity index is 2.28. The molecule has 1 amide bonds. The smallest absolute Gasteiger partial charge is 0.410 e. The molecule has 1 aliphatic heterocycles. The molecule has 0 N–H and O–H groups in total. The minimum absolute atomic E-state index is 0.204. The molecule has 1 aliphatic rings. The van der Waals surface area contributed by atoms with Crippen molar-refractivity contribution in [2.45, 2.75) is 59.1 Å². The van der Waals surface area contributed by atoms with E-state index in [1.54, 1.807) is 18.0 Å². The Bertz CT molecular complexity index is 624. The largest absolute Gasteiger partial charge is 0.466 e. The van der Waals surface area contributed by atoms with Gasteiger partial charge in [-0.25, -0.2) is 4.79 Å². The first-order valence-corrected chi connectivity index (χ1v) is 8.80. The first-order chi connectivity index (χ1) is 11.7. The van der Waals surface area contributed by atoms with Crippen molar-refractivity contribution in [3.63, 3.8) is 0 Å². The van der Waals surface area contributed by atoms with Gasteiger partial charge in [-0.2, -0.15) is 0 Å². The lowest BCUT2D eigenvalue weighted by atomic mass is 9.88. The summed E-state index contributed by atoms with van der Waals surface area (Å²) in [5, 5.41) is 0. The fraction of sp³-hybridized carbons (Fsp3) is 0.632. The number of amides is 1. The molecule has 0 bridgehead atoms. The Morgan fingerprint density at radius 1 is 1.36 bits per heavy atom. The minimum Gasteiger partial charge on any atom is -0.466 e. The zero-order chi connectivity index (χ0) is 18.6. The van der Waals surface area contributed by atoms with Crippen LogP contribution in [0.1, 0.15) is 57.8 Å². The lowest BCUT2D eigenvalue weighted by molar-refractivity contribution is -0.150. The van der Waals surface area contributed by atoms with Crippen LogP contribution in [0.4, 0.5) is 4.79 Å². The van der Waals surface area contributed by atoms with E-state index in [0.29, 0.717) is 26.0 Å². The van der Waals surface area contributed by atoms with E-state index in [-0.39, 0.29) is 24.0 Å². The quantitative estimate of drug-likeness (QED) is 0.780. The molecule has 2 heterocycles. The summed E-state index contributed by atoms with van der Waals surface area (Å²) in [5.41, 5.74) is 1.23. The lowest BCUT2D eigenvalue weighted by Crippen LogP contribution is -2.45. The Morgan fingerprint density at radius 2 is 2.08 bits per heavy atom. The van der Waals surface area contributed by atoms with Crippen LogP contribution < -0.4 is 0 Å². The maximum atomic E-state index is 12.7. The van der Waals surface area contributed by atoms with Crippen LogP contribution in [0, 0.1) is 12.8 Å². The summed E-state index contributed by atoms with van der Waals surface area (Å²) < 4.78 is 10.7. The van der Waals surface area contributed by atoms with E-state index in [4.69, 9.17) is 9.47 Å². The third kappa shape index (κ3) is 4.94.